The van der Waals surface area contributed by atoms with E-state index in [1.807, 2.05) is 19.2 Å². The van der Waals surface area contributed by atoms with Crippen LogP contribution < -0.4 is 10.1 Å². The van der Waals surface area contributed by atoms with E-state index in [0.717, 1.165) is 29.4 Å². The monoisotopic (exact) mass is 290 g/mol. The topological polar surface area (TPSA) is 34.1 Å². The molecule has 20 heavy (non-hydrogen) atoms. The van der Waals surface area contributed by atoms with Crippen LogP contribution in [0.15, 0.2) is 29.6 Å². The number of benzene rings is 1. The number of nitrogens with zero attached hydrogens (tertiary/aromatic N) is 1. The first-order valence-electron chi connectivity index (χ1n) is 7.00. The van der Waals surface area contributed by atoms with Crippen LogP contribution >= 0.6 is 11.3 Å². The molecule has 2 aromatic rings. The molecule has 0 aliphatic carbocycles. The SMILES string of the molecule is CNCc1csc(CCOc2ccccc2C(C)C)n1. The van der Waals surface area contributed by atoms with Gasteiger partial charge in [-0.05, 0) is 24.6 Å². The zero-order chi connectivity index (χ0) is 14.4. The number of rotatable bonds is 7. The predicted molar refractivity (Wildman–Crippen MR) is 84.6 cm³/mol. The van der Waals surface area contributed by atoms with E-state index >= 15 is 0 Å². The molecule has 0 fully saturated rings. The van der Waals surface area contributed by atoms with Crippen molar-refractivity contribution in [2.45, 2.75) is 32.7 Å². The van der Waals surface area contributed by atoms with E-state index in [-0.39, 0.29) is 0 Å². The molecule has 0 spiro atoms. The van der Waals surface area contributed by atoms with Crippen LogP contribution in [0.2, 0.25) is 0 Å². The molecule has 0 saturated heterocycles. The molecule has 0 unspecified atom stereocenters. The average molecular weight is 290 g/mol. The fourth-order valence-electron chi connectivity index (χ4n) is 2.06. The molecule has 4 heteroatoms. The van der Waals surface area contributed by atoms with Crippen LogP contribution in [0.25, 0.3) is 0 Å². The minimum absolute atomic E-state index is 0.480. The van der Waals surface area contributed by atoms with Gasteiger partial charge >= 0.3 is 0 Å². The van der Waals surface area contributed by atoms with Gasteiger partial charge < -0.3 is 10.1 Å². The molecule has 1 aromatic heterocycles. The van der Waals surface area contributed by atoms with Crippen molar-refractivity contribution in [3.8, 4) is 5.75 Å². The smallest absolute Gasteiger partial charge is 0.122 e. The number of thiazole rings is 1. The Kier molecular flexibility index (Phi) is 5.56. The Balaban J connectivity index is 1.89. The molecule has 0 atom stereocenters. The Morgan fingerprint density at radius 3 is 2.85 bits per heavy atom. The van der Waals surface area contributed by atoms with Crippen molar-refractivity contribution in [3.63, 3.8) is 0 Å². The fraction of sp³-hybridized carbons (Fsp3) is 0.438. The molecule has 0 aliphatic heterocycles. The summed E-state index contributed by atoms with van der Waals surface area (Å²) in [6, 6.07) is 8.26. The first kappa shape index (κ1) is 15.0. The van der Waals surface area contributed by atoms with Gasteiger partial charge in [0.2, 0.25) is 0 Å². The van der Waals surface area contributed by atoms with Crippen molar-refractivity contribution >= 4 is 11.3 Å². The summed E-state index contributed by atoms with van der Waals surface area (Å²) in [5.74, 6) is 1.47. The number of aromatic nitrogens is 1. The van der Waals surface area contributed by atoms with Gasteiger partial charge in [0, 0.05) is 18.3 Å². The van der Waals surface area contributed by atoms with E-state index < -0.39 is 0 Å². The van der Waals surface area contributed by atoms with E-state index in [9.17, 15) is 0 Å². The lowest BCUT2D eigenvalue weighted by molar-refractivity contribution is 0.317. The summed E-state index contributed by atoms with van der Waals surface area (Å²) in [6.07, 6.45) is 0.862. The fourth-order valence-corrected chi connectivity index (χ4v) is 2.84. The highest BCUT2D eigenvalue weighted by atomic mass is 32.1. The highest BCUT2D eigenvalue weighted by Crippen LogP contribution is 2.26. The molecule has 108 valence electrons. The lowest BCUT2D eigenvalue weighted by Gasteiger charge is -2.13. The summed E-state index contributed by atoms with van der Waals surface area (Å²) in [7, 11) is 1.94. The quantitative estimate of drug-likeness (QED) is 0.846. The van der Waals surface area contributed by atoms with Gasteiger partial charge in [-0.2, -0.15) is 0 Å². The van der Waals surface area contributed by atoms with Gasteiger partial charge in [0.1, 0.15) is 5.75 Å². The summed E-state index contributed by atoms with van der Waals surface area (Å²) >= 11 is 1.70. The molecule has 0 saturated carbocycles. The minimum atomic E-state index is 0.480. The second-order valence-corrected chi connectivity index (χ2v) is 6.00. The Hall–Kier alpha value is -1.39. The Labute approximate surface area is 125 Å². The van der Waals surface area contributed by atoms with Crippen LogP contribution in [0.3, 0.4) is 0 Å². The molecule has 1 heterocycles. The lowest BCUT2D eigenvalue weighted by atomic mass is 10.0. The standard InChI is InChI=1S/C16H22N2OS/c1-12(2)14-6-4-5-7-15(14)19-9-8-16-18-13(10-17-3)11-20-16/h4-7,11-12,17H,8-10H2,1-3H3. The molecule has 0 radical (unpaired) electrons. The van der Waals surface area contributed by atoms with Crippen LogP contribution in [-0.2, 0) is 13.0 Å². The molecule has 2 rings (SSSR count). The Bertz CT molecular complexity index is 537. The van der Waals surface area contributed by atoms with Gasteiger partial charge in [-0.25, -0.2) is 4.98 Å². The van der Waals surface area contributed by atoms with Crippen LogP contribution in [0.4, 0.5) is 0 Å². The number of para-hydroxylation sites is 1. The van der Waals surface area contributed by atoms with Gasteiger partial charge in [-0.1, -0.05) is 32.0 Å². The maximum atomic E-state index is 5.92. The number of hydrogen-bond acceptors (Lipinski definition) is 4. The summed E-state index contributed by atoms with van der Waals surface area (Å²) in [5, 5.41) is 6.35. The van der Waals surface area contributed by atoms with Crippen LogP contribution in [0, 0.1) is 0 Å². The Morgan fingerprint density at radius 2 is 2.10 bits per heavy atom. The van der Waals surface area contributed by atoms with Crippen LogP contribution in [-0.4, -0.2) is 18.6 Å². The number of nitrogens with one attached hydrogen (secondary N) is 1. The van der Waals surface area contributed by atoms with Gasteiger partial charge in [0.25, 0.3) is 0 Å². The molecule has 1 N–H and O–H groups in total. The maximum absolute atomic E-state index is 5.92. The molecule has 0 bridgehead atoms. The minimum Gasteiger partial charge on any atom is -0.493 e. The second kappa shape index (κ2) is 7.41. The summed E-state index contributed by atoms with van der Waals surface area (Å²) in [6.45, 7) is 5.88. The van der Waals surface area contributed by atoms with Gasteiger partial charge in [-0.15, -0.1) is 11.3 Å². The molecule has 0 aliphatic rings. The van der Waals surface area contributed by atoms with E-state index in [1.54, 1.807) is 11.3 Å². The van der Waals surface area contributed by atoms with E-state index in [1.165, 1.54) is 5.56 Å². The average Bonchev–Trinajstić information content (AvgIpc) is 2.87. The van der Waals surface area contributed by atoms with Crippen molar-refractivity contribution in [2.24, 2.45) is 0 Å². The van der Waals surface area contributed by atoms with Crippen LogP contribution in [0.5, 0.6) is 5.75 Å². The highest BCUT2D eigenvalue weighted by molar-refractivity contribution is 7.09. The summed E-state index contributed by atoms with van der Waals surface area (Å²) in [5.41, 5.74) is 2.37. The summed E-state index contributed by atoms with van der Waals surface area (Å²) < 4.78 is 5.92. The molecule has 1 aromatic carbocycles. The van der Waals surface area contributed by atoms with E-state index in [2.05, 4.69) is 41.7 Å². The van der Waals surface area contributed by atoms with Crippen molar-refractivity contribution in [1.29, 1.82) is 0 Å². The third-order valence-corrected chi connectivity index (χ3v) is 4.03. The van der Waals surface area contributed by atoms with Crippen molar-refractivity contribution in [2.75, 3.05) is 13.7 Å². The first-order chi connectivity index (χ1) is 9.70. The molecule has 0 amide bonds. The maximum Gasteiger partial charge on any atom is 0.122 e. The van der Waals surface area contributed by atoms with Gasteiger partial charge in [0.05, 0.1) is 17.3 Å². The van der Waals surface area contributed by atoms with Gasteiger partial charge in [-0.3, -0.25) is 0 Å². The molecular weight excluding hydrogens is 268 g/mol. The van der Waals surface area contributed by atoms with Crippen molar-refractivity contribution in [3.05, 3.63) is 45.9 Å². The Morgan fingerprint density at radius 1 is 1.30 bits per heavy atom. The third-order valence-electron chi connectivity index (χ3n) is 3.07. The first-order valence-corrected chi connectivity index (χ1v) is 7.88. The molecule has 3 nitrogen and oxygen atoms in total. The third kappa shape index (κ3) is 4.05. The van der Waals surface area contributed by atoms with Crippen molar-refractivity contribution in [1.82, 2.24) is 10.3 Å². The zero-order valence-corrected chi connectivity index (χ0v) is 13.2. The van der Waals surface area contributed by atoms with E-state index in [0.29, 0.717) is 12.5 Å². The summed E-state index contributed by atoms with van der Waals surface area (Å²) in [4.78, 5) is 4.56. The predicted octanol–water partition coefficient (Wildman–Crippen LogP) is 3.61. The highest BCUT2D eigenvalue weighted by Gasteiger charge is 2.07. The number of hydrogen-bond donors (Lipinski definition) is 1. The molecular formula is C16H22N2OS. The van der Waals surface area contributed by atoms with Crippen LogP contribution in [0.1, 0.15) is 36.0 Å². The van der Waals surface area contributed by atoms with Crippen molar-refractivity contribution < 1.29 is 4.74 Å². The lowest BCUT2D eigenvalue weighted by Crippen LogP contribution is -2.06. The van der Waals surface area contributed by atoms with Gasteiger partial charge in [0.15, 0.2) is 0 Å². The van der Waals surface area contributed by atoms with E-state index in [4.69, 9.17) is 4.74 Å². The number of ether oxygens (including phenoxy) is 1. The largest absolute Gasteiger partial charge is 0.493 e. The normalized spacial score (nSPS) is 11.0. The zero-order valence-electron chi connectivity index (χ0n) is 12.3. The second-order valence-electron chi connectivity index (χ2n) is 5.05.